The van der Waals surface area contributed by atoms with Gasteiger partial charge in [0.2, 0.25) is 5.91 Å². The Bertz CT molecular complexity index is 303. The number of hydrogen-bond acceptors (Lipinski definition) is 2. The Balaban J connectivity index is 2.57. The van der Waals surface area contributed by atoms with Gasteiger partial charge >= 0.3 is 0 Å². The van der Waals surface area contributed by atoms with Crippen molar-refractivity contribution in [2.75, 3.05) is 6.54 Å². The number of nitrogens with zero attached hydrogens (tertiary/aromatic N) is 1. The number of rotatable bonds is 6. The molecule has 0 aromatic rings. The van der Waals surface area contributed by atoms with E-state index >= 15 is 0 Å². The average molecular weight is 236 g/mol. The van der Waals surface area contributed by atoms with Crippen LogP contribution in [0.15, 0.2) is 0 Å². The topological polar surface area (TPSA) is 52.9 Å². The van der Waals surface area contributed by atoms with Crippen molar-refractivity contribution >= 4 is 5.91 Å². The van der Waals surface area contributed by atoms with E-state index in [9.17, 15) is 10.1 Å². The number of carbonyl (C=O) groups is 1. The highest BCUT2D eigenvalue weighted by Gasteiger charge is 2.39. The molecule has 0 aromatic heterocycles. The molecule has 0 aliphatic heterocycles. The van der Waals surface area contributed by atoms with Crippen molar-refractivity contribution in [3.8, 4) is 6.07 Å². The van der Waals surface area contributed by atoms with Gasteiger partial charge in [-0.3, -0.25) is 4.79 Å². The van der Waals surface area contributed by atoms with Crippen molar-refractivity contribution in [3.63, 3.8) is 0 Å². The second-order valence-corrected chi connectivity index (χ2v) is 5.29. The zero-order chi connectivity index (χ0) is 12.9. The molecule has 1 saturated carbocycles. The van der Waals surface area contributed by atoms with Gasteiger partial charge in [-0.25, -0.2) is 0 Å². The van der Waals surface area contributed by atoms with Crippen molar-refractivity contribution in [1.82, 2.24) is 5.32 Å². The first-order valence-electron chi connectivity index (χ1n) is 6.77. The third kappa shape index (κ3) is 2.62. The normalized spacial score (nSPS) is 18.0. The molecule has 1 aliphatic rings. The first-order chi connectivity index (χ1) is 8.08. The highest BCUT2D eigenvalue weighted by molar-refractivity contribution is 5.85. The van der Waals surface area contributed by atoms with E-state index in [1.165, 1.54) is 19.3 Å². The van der Waals surface area contributed by atoms with E-state index < -0.39 is 5.41 Å². The predicted molar refractivity (Wildman–Crippen MR) is 68.2 cm³/mol. The van der Waals surface area contributed by atoms with Gasteiger partial charge in [0, 0.05) is 6.54 Å². The Hall–Kier alpha value is -1.04. The van der Waals surface area contributed by atoms with E-state index in [4.69, 9.17) is 0 Å². The lowest BCUT2D eigenvalue weighted by Gasteiger charge is -2.42. The largest absolute Gasteiger partial charge is 0.354 e. The summed E-state index contributed by atoms with van der Waals surface area (Å²) in [4.78, 5) is 12.1. The molecular weight excluding hydrogens is 212 g/mol. The van der Waals surface area contributed by atoms with Crippen LogP contribution in [-0.2, 0) is 4.79 Å². The van der Waals surface area contributed by atoms with E-state index in [2.05, 4.69) is 18.3 Å². The van der Waals surface area contributed by atoms with Crippen LogP contribution in [0.1, 0.15) is 59.3 Å². The summed E-state index contributed by atoms with van der Waals surface area (Å²) in [5.41, 5.74) is -0.503. The SMILES string of the molecule is CCC1(CNC(=O)C(C#N)(CC)CC)CCC1. The number of amides is 1. The van der Waals surface area contributed by atoms with Gasteiger partial charge in [-0.05, 0) is 37.5 Å². The molecular formula is C14H24N2O. The Labute approximate surface area is 105 Å². The fraction of sp³-hybridized carbons (Fsp3) is 0.857. The summed E-state index contributed by atoms with van der Waals surface area (Å²) in [6.07, 6.45) is 5.98. The molecule has 17 heavy (non-hydrogen) atoms. The molecule has 0 saturated heterocycles. The summed E-state index contributed by atoms with van der Waals surface area (Å²) in [7, 11) is 0. The molecule has 1 rings (SSSR count). The van der Waals surface area contributed by atoms with Crippen molar-refractivity contribution in [3.05, 3.63) is 0 Å². The summed E-state index contributed by atoms with van der Waals surface area (Å²) < 4.78 is 0. The second kappa shape index (κ2) is 5.53. The summed E-state index contributed by atoms with van der Waals surface area (Å²) >= 11 is 0. The van der Waals surface area contributed by atoms with E-state index in [1.54, 1.807) is 0 Å². The first kappa shape index (κ1) is 14.0. The number of carbonyl (C=O) groups excluding carboxylic acids is 1. The highest BCUT2D eigenvalue weighted by Crippen LogP contribution is 2.43. The Morgan fingerprint density at radius 3 is 2.24 bits per heavy atom. The van der Waals surface area contributed by atoms with E-state index in [0.717, 1.165) is 13.0 Å². The summed E-state index contributed by atoms with van der Waals surface area (Å²) in [6, 6.07) is 2.19. The summed E-state index contributed by atoms with van der Waals surface area (Å²) in [5, 5.41) is 12.2. The third-order valence-corrected chi connectivity index (χ3v) is 4.64. The van der Waals surface area contributed by atoms with E-state index in [-0.39, 0.29) is 5.91 Å². The van der Waals surface area contributed by atoms with Crippen LogP contribution in [0.2, 0.25) is 0 Å². The van der Waals surface area contributed by atoms with Crippen LogP contribution in [0.3, 0.4) is 0 Å². The van der Waals surface area contributed by atoms with Crippen LogP contribution in [0.4, 0.5) is 0 Å². The maximum Gasteiger partial charge on any atom is 0.240 e. The quantitative estimate of drug-likeness (QED) is 0.770. The molecule has 1 fully saturated rings. The first-order valence-corrected chi connectivity index (χ1v) is 6.77. The van der Waals surface area contributed by atoms with Crippen LogP contribution in [0.25, 0.3) is 0 Å². The van der Waals surface area contributed by atoms with Crippen molar-refractivity contribution in [2.45, 2.75) is 59.3 Å². The van der Waals surface area contributed by atoms with Gasteiger partial charge in [-0.1, -0.05) is 27.2 Å². The number of nitriles is 1. The molecule has 0 heterocycles. The smallest absolute Gasteiger partial charge is 0.240 e. The van der Waals surface area contributed by atoms with Crippen molar-refractivity contribution < 1.29 is 4.79 Å². The minimum atomic E-state index is -0.821. The van der Waals surface area contributed by atoms with Crippen LogP contribution >= 0.6 is 0 Å². The lowest BCUT2D eigenvalue weighted by Crippen LogP contribution is -2.46. The Morgan fingerprint density at radius 1 is 1.35 bits per heavy atom. The number of hydrogen-bond donors (Lipinski definition) is 1. The van der Waals surface area contributed by atoms with Crippen LogP contribution in [0.5, 0.6) is 0 Å². The Kier molecular flexibility index (Phi) is 4.56. The second-order valence-electron chi connectivity index (χ2n) is 5.29. The molecule has 0 unspecified atom stereocenters. The van der Waals surface area contributed by atoms with Gasteiger partial charge in [-0.2, -0.15) is 5.26 Å². The number of nitrogens with one attached hydrogen (secondary N) is 1. The van der Waals surface area contributed by atoms with E-state index in [0.29, 0.717) is 18.3 Å². The zero-order valence-corrected chi connectivity index (χ0v) is 11.3. The van der Waals surface area contributed by atoms with Crippen molar-refractivity contribution in [1.29, 1.82) is 5.26 Å². The van der Waals surface area contributed by atoms with Gasteiger partial charge in [0.15, 0.2) is 0 Å². The lowest BCUT2D eigenvalue weighted by atomic mass is 9.67. The molecule has 3 heteroatoms. The highest BCUT2D eigenvalue weighted by atomic mass is 16.2. The van der Waals surface area contributed by atoms with Crippen LogP contribution in [0, 0.1) is 22.2 Å². The standard InChI is InChI=1S/C14H24N2O/c1-4-13(8-7-9-13)11-16-12(17)14(5-2,6-3)10-15/h4-9,11H2,1-3H3,(H,16,17). The fourth-order valence-electron chi connectivity index (χ4n) is 2.55. The van der Waals surface area contributed by atoms with Crippen molar-refractivity contribution in [2.24, 2.45) is 10.8 Å². The monoisotopic (exact) mass is 236 g/mol. The van der Waals surface area contributed by atoms with Crippen LogP contribution in [-0.4, -0.2) is 12.5 Å². The molecule has 0 spiro atoms. The molecule has 0 aromatic carbocycles. The molecule has 0 radical (unpaired) electrons. The zero-order valence-electron chi connectivity index (χ0n) is 11.3. The third-order valence-electron chi connectivity index (χ3n) is 4.64. The molecule has 0 bridgehead atoms. The summed E-state index contributed by atoms with van der Waals surface area (Å²) in [6.45, 7) is 6.74. The molecule has 0 atom stereocenters. The minimum absolute atomic E-state index is 0.0790. The fourth-order valence-corrected chi connectivity index (χ4v) is 2.55. The predicted octanol–water partition coefficient (Wildman–Crippen LogP) is 3.01. The van der Waals surface area contributed by atoms with Gasteiger partial charge in [0.05, 0.1) is 6.07 Å². The van der Waals surface area contributed by atoms with Gasteiger partial charge in [0.1, 0.15) is 5.41 Å². The average Bonchev–Trinajstić information content (AvgIpc) is 2.31. The van der Waals surface area contributed by atoms with Gasteiger partial charge in [-0.15, -0.1) is 0 Å². The van der Waals surface area contributed by atoms with Gasteiger partial charge in [0.25, 0.3) is 0 Å². The Morgan fingerprint density at radius 2 is 1.94 bits per heavy atom. The maximum atomic E-state index is 12.1. The molecule has 1 aliphatic carbocycles. The van der Waals surface area contributed by atoms with Gasteiger partial charge < -0.3 is 5.32 Å². The lowest BCUT2D eigenvalue weighted by molar-refractivity contribution is -0.129. The molecule has 96 valence electrons. The molecule has 1 amide bonds. The van der Waals surface area contributed by atoms with Crippen LogP contribution < -0.4 is 5.32 Å². The maximum absolute atomic E-state index is 12.1. The molecule has 3 nitrogen and oxygen atoms in total. The van der Waals surface area contributed by atoms with E-state index in [1.807, 2.05) is 13.8 Å². The summed E-state index contributed by atoms with van der Waals surface area (Å²) in [5.74, 6) is -0.0790. The minimum Gasteiger partial charge on any atom is -0.354 e. The molecule has 1 N–H and O–H groups in total.